The maximum Gasteiger partial charge on any atom is 0.303 e. The van der Waals surface area contributed by atoms with Crippen molar-refractivity contribution in [2.75, 3.05) is 0 Å². The summed E-state index contributed by atoms with van der Waals surface area (Å²) >= 11 is 0. The third-order valence-electron chi connectivity index (χ3n) is 3.48. The molecule has 0 aliphatic carbocycles. The van der Waals surface area contributed by atoms with Crippen LogP contribution in [0.4, 0.5) is 0 Å². The van der Waals surface area contributed by atoms with Gasteiger partial charge in [0.25, 0.3) is 0 Å². The van der Waals surface area contributed by atoms with Crippen molar-refractivity contribution in [1.82, 2.24) is 0 Å². The van der Waals surface area contributed by atoms with Crippen LogP contribution in [-0.2, 0) is 9.53 Å². The van der Waals surface area contributed by atoms with Gasteiger partial charge in [-0.25, -0.2) is 0 Å². The zero-order valence-electron chi connectivity index (χ0n) is 13.1. The summed E-state index contributed by atoms with van der Waals surface area (Å²) in [5.41, 5.74) is 0.606. The fourth-order valence-corrected chi connectivity index (χ4v) is 2.34. The molecule has 3 heteroatoms. The second kappa shape index (κ2) is 10.1. The Morgan fingerprint density at radius 1 is 1.00 bits per heavy atom. The SMILES string of the molecule is CCCCCCCCC(OC(C)=O)C(=O)c1ccccc1. The third-order valence-corrected chi connectivity index (χ3v) is 3.48. The van der Waals surface area contributed by atoms with Gasteiger partial charge >= 0.3 is 5.97 Å². The van der Waals surface area contributed by atoms with Crippen LogP contribution in [0.1, 0.15) is 69.2 Å². The first-order valence-electron chi connectivity index (χ1n) is 7.91. The van der Waals surface area contributed by atoms with Crippen molar-refractivity contribution in [3.63, 3.8) is 0 Å². The Kier molecular flexibility index (Phi) is 8.41. The van der Waals surface area contributed by atoms with Gasteiger partial charge in [-0.15, -0.1) is 0 Å². The minimum Gasteiger partial charge on any atom is -0.454 e. The molecule has 116 valence electrons. The highest BCUT2D eigenvalue weighted by atomic mass is 16.5. The third kappa shape index (κ3) is 7.07. The topological polar surface area (TPSA) is 43.4 Å². The lowest BCUT2D eigenvalue weighted by Gasteiger charge is -2.16. The first-order valence-corrected chi connectivity index (χ1v) is 7.91. The quantitative estimate of drug-likeness (QED) is 0.360. The van der Waals surface area contributed by atoms with E-state index >= 15 is 0 Å². The van der Waals surface area contributed by atoms with E-state index in [9.17, 15) is 9.59 Å². The summed E-state index contributed by atoms with van der Waals surface area (Å²) in [6, 6.07) is 9.04. The van der Waals surface area contributed by atoms with Crippen LogP contribution in [0.5, 0.6) is 0 Å². The molecule has 0 amide bonds. The molecule has 3 nitrogen and oxygen atoms in total. The van der Waals surface area contributed by atoms with E-state index in [0.29, 0.717) is 12.0 Å². The monoisotopic (exact) mass is 290 g/mol. The summed E-state index contributed by atoms with van der Waals surface area (Å²) in [5, 5.41) is 0. The van der Waals surface area contributed by atoms with Crippen molar-refractivity contribution in [1.29, 1.82) is 0 Å². The van der Waals surface area contributed by atoms with Gasteiger partial charge in [0.05, 0.1) is 0 Å². The van der Waals surface area contributed by atoms with E-state index in [1.54, 1.807) is 12.1 Å². The van der Waals surface area contributed by atoms with E-state index in [1.165, 1.54) is 32.6 Å². The summed E-state index contributed by atoms with van der Waals surface area (Å²) in [6.45, 7) is 3.54. The molecule has 0 saturated carbocycles. The van der Waals surface area contributed by atoms with Crippen LogP contribution in [-0.4, -0.2) is 17.9 Å². The number of rotatable bonds is 10. The predicted octanol–water partition coefficient (Wildman–Crippen LogP) is 4.55. The number of carbonyl (C=O) groups is 2. The van der Waals surface area contributed by atoms with Gasteiger partial charge in [0, 0.05) is 12.5 Å². The van der Waals surface area contributed by atoms with Gasteiger partial charge in [0.1, 0.15) is 0 Å². The van der Waals surface area contributed by atoms with Crippen molar-refractivity contribution in [3.8, 4) is 0 Å². The fourth-order valence-electron chi connectivity index (χ4n) is 2.34. The van der Waals surface area contributed by atoms with Gasteiger partial charge in [-0.1, -0.05) is 69.4 Å². The molecule has 1 aromatic rings. The van der Waals surface area contributed by atoms with Crippen molar-refractivity contribution in [2.24, 2.45) is 0 Å². The fraction of sp³-hybridized carbons (Fsp3) is 0.556. The summed E-state index contributed by atoms with van der Waals surface area (Å²) in [5.74, 6) is -0.491. The van der Waals surface area contributed by atoms with Gasteiger partial charge in [0.15, 0.2) is 6.10 Å². The largest absolute Gasteiger partial charge is 0.454 e. The van der Waals surface area contributed by atoms with E-state index in [0.717, 1.165) is 12.8 Å². The minimum atomic E-state index is -0.643. The molecule has 0 heterocycles. The van der Waals surface area contributed by atoms with Crippen molar-refractivity contribution >= 4 is 11.8 Å². The van der Waals surface area contributed by atoms with Crippen LogP contribution in [0.25, 0.3) is 0 Å². The van der Waals surface area contributed by atoms with Crippen LogP contribution >= 0.6 is 0 Å². The molecule has 1 atom stereocenters. The Morgan fingerprint density at radius 3 is 2.24 bits per heavy atom. The average molecular weight is 290 g/mol. The van der Waals surface area contributed by atoms with Gasteiger partial charge in [-0.3, -0.25) is 9.59 Å². The zero-order chi connectivity index (χ0) is 15.5. The van der Waals surface area contributed by atoms with Crippen molar-refractivity contribution in [3.05, 3.63) is 35.9 Å². The Balaban J connectivity index is 2.48. The molecule has 0 bridgehead atoms. The highest BCUT2D eigenvalue weighted by molar-refractivity contribution is 6.00. The molecule has 0 spiro atoms. The van der Waals surface area contributed by atoms with Crippen LogP contribution < -0.4 is 0 Å². The number of esters is 1. The summed E-state index contributed by atoms with van der Waals surface area (Å²) in [4.78, 5) is 23.6. The molecule has 0 N–H and O–H groups in total. The molecule has 1 aromatic carbocycles. The van der Waals surface area contributed by atoms with Crippen LogP contribution in [0.3, 0.4) is 0 Å². The number of carbonyl (C=O) groups excluding carboxylic acids is 2. The van der Waals surface area contributed by atoms with E-state index in [1.807, 2.05) is 18.2 Å². The molecule has 0 aliphatic rings. The highest BCUT2D eigenvalue weighted by Crippen LogP contribution is 2.15. The first kappa shape index (κ1) is 17.4. The van der Waals surface area contributed by atoms with E-state index in [-0.39, 0.29) is 5.78 Å². The molecule has 1 rings (SSSR count). The molecular weight excluding hydrogens is 264 g/mol. The maximum absolute atomic E-state index is 12.4. The van der Waals surface area contributed by atoms with Gasteiger partial charge < -0.3 is 4.74 Å². The number of Topliss-reactive ketones (excluding diaryl/α,β-unsaturated/α-hetero) is 1. The van der Waals surface area contributed by atoms with Crippen molar-refractivity contribution < 1.29 is 14.3 Å². The molecular formula is C18H26O3. The summed E-state index contributed by atoms with van der Waals surface area (Å²) in [6.07, 6.45) is 6.87. The first-order chi connectivity index (χ1) is 10.1. The normalized spacial score (nSPS) is 11.9. The second-order valence-corrected chi connectivity index (χ2v) is 5.38. The van der Waals surface area contributed by atoms with Crippen LogP contribution in [0.2, 0.25) is 0 Å². The number of unbranched alkanes of at least 4 members (excludes halogenated alkanes) is 5. The lowest BCUT2D eigenvalue weighted by atomic mass is 10.0. The molecule has 0 saturated heterocycles. The lowest BCUT2D eigenvalue weighted by molar-refractivity contribution is -0.144. The van der Waals surface area contributed by atoms with E-state index in [2.05, 4.69) is 6.92 Å². The van der Waals surface area contributed by atoms with Crippen molar-refractivity contribution in [2.45, 2.75) is 64.9 Å². The van der Waals surface area contributed by atoms with Crippen LogP contribution in [0, 0.1) is 0 Å². The van der Waals surface area contributed by atoms with Crippen LogP contribution in [0.15, 0.2) is 30.3 Å². The standard InChI is InChI=1S/C18H26O3/c1-3-4-5-6-7-11-14-17(21-15(2)19)18(20)16-12-9-8-10-13-16/h8-10,12-13,17H,3-7,11,14H2,1-2H3. The Bertz CT molecular complexity index is 425. The zero-order valence-corrected chi connectivity index (χ0v) is 13.1. The number of hydrogen-bond donors (Lipinski definition) is 0. The number of ketones is 1. The predicted molar refractivity (Wildman–Crippen MR) is 84.3 cm³/mol. The second-order valence-electron chi connectivity index (χ2n) is 5.38. The summed E-state index contributed by atoms with van der Waals surface area (Å²) < 4.78 is 5.21. The molecule has 21 heavy (non-hydrogen) atoms. The Hall–Kier alpha value is -1.64. The number of hydrogen-bond acceptors (Lipinski definition) is 3. The Morgan fingerprint density at radius 2 is 1.62 bits per heavy atom. The highest BCUT2D eigenvalue weighted by Gasteiger charge is 2.22. The van der Waals surface area contributed by atoms with E-state index < -0.39 is 12.1 Å². The molecule has 0 aromatic heterocycles. The average Bonchev–Trinajstić information content (AvgIpc) is 2.49. The molecule has 1 unspecified atom stereocenters. The molecule has 0 aliphatic heterocycles. The number of ether oxygens (including phenoxy) is 1. The minimum absolute atomic E-state index is 0.0978. The van der Waals surface area contributed by atoms with E-state index in [4.69, 9.17) is 4.74 Å². The number of benzene rings is 1. The molecule has 0 radical (unpaired) electrons. The van der Waals surface area contributed by atoms with Gasteiger partial charge in [-0.2, -0.15) is 0 Å². The summed E-state index contributed by atoms with van der Waals surface area (Å²) in [7, 11) is 0. The maximum atomic E-state index is 12.4. The molecule has 0 fully saturated rings. The Labute approximate surface area is 127 Å². The smallest absolute Gasteiger partial charge is 0.303 e. The van der Waals surface area contributed by atoms with Gasteiger partial charge in [0.2, 0.25) is 5.78 Å². The van der Waals surface area contributed by atoms with Gasteiger partial charge in [-0.05, 0) is 12.8 Å². The lowest BCUT2D eigenvalue weighted by Crippen LogP contribution is -2.26.